The van der Waals surface area contributed by atoms with Gasteiger partial charge in [0.1, 0.15) is 0 Å². The number of aryl methyl sites for hydroxylation is 1. The quantitative estimate of drug-likeness (QED) is 0.505. The molecule has 1 amide bonds. The first-order chi connectivity index (χ1) is 17.0. The highest BCUT2D eigenvalue weighted by molar-refractivity contribution is 5.78. The molecule has 0 aromatic carbocycles. The van der Waals surface area contributed by atoms with Crippen molar-refractivity contribution < 1.29 is 9.90 Å². The molecular formula is C28H49N5O2. The van der Waals surface area contributed by atoms with Crippen LogP contribution >= 0.6 is 0 Å². The van der Waals surface area contributed by atoms with E-state index < -0.39 is 0 Å². The lowest BCUT2D eigenvalue weighted by Gasteiger charge is -2.43. The first-order valence-electron chi connectivity index (χ1n) is 13.5. The van der Waals surface area contributed by atoms with E-state index in [9.17, 15) is 4.79 Å². The number of aromatic nitrogens is 2. The largest absolute Gasteiger partial charge is 0.392 e. The summed E-state index contributed by atoms with van der Waals surface area (Å²) in [6, 6.07) is 0.816. The van der Waals surface area contributed by atoms with Crippen molar-refractivity contribution in [1.29, 1.82) is 0 Å². The Morgan fingerprint density at radius 1 is 1.20 bits per heavy atom. The number of hydrogen-bond acceptors (Lipinski definition) is 6. The van der Waals surface area contributed by atoms with Crippen LogP contribution in [0.1, 0.15) is 78.5 Å². The lowest BCUT2D eigenvalue weighted by molar-refractivity contribution is -0.120. The molecule has 35 heavy (non-hydrogen) atoms. The Morgan fingerprint density at radius 3 is 2.37 bits per heavy atom. The van der Waals surface area contributed by atoms with Crippen LogP contribution in [0.15, 0.2) is 30.0 Å². The van der Waals surface area contributed by atoms with Gasteiger partial charge >= 0.3 is 0 Å². The third kappa shape index (κ3) is 10.9. The number of carbonyl (C=O) groups is 1. The second-order valence-corrected chi connectivity index (χ2v) is 8.77. The summed E-state index contributed by atoms with van der Waals surface area (Å²) in [6.07, 6.45) is 13.7. The van der Waals surface area contributed by atoms with Gasteiger partial charge in [-0.3, -0.25) is 9.69 Å². The summed E-state index contributed by atoms with van der Waals surface area (Å²) in [5.41, 5.74) is 3.34. The molecule has 2 N–H and O–H groups in total. The fourth-order valence-electron chi connectivity index (χ4n) is 3.98. The molecule has 1 aliphatic heterocycles. The van der Waals surface area contributed by atoms with Crippen LogP contribution in [0.5, 0.6) is 0 Å². The Bertz CT molecular complexity index is 782. The molecule has 2 aliphatic rings. The van der Waals surface area contributed by atoms with Gasteiger partial charge in [0, 0.05) is 57.8 Å². The van der Waals surface area contributed by atoms with Gasteiger partial charge in [0.2, 0.25) is 11.9 Å². The van der Waals surface area contributed by atoms with Gasteiger partial charge in [0.15, 0.2) is 0 Å². The number of nitrogens with one attached hydrogen (secondary N) is 1. The Labute approximate surface area is 213 Å². The number of hydrogen-bond donors (Lipinski definition) is 2. The maximum absolute atomic E-state index is 12.0. The molecule has 3 rings (SSSR count). The SMILES string of the molecule is C/C=C(\C)CC(=O)NCCc1nc(N2CCN(C3CCC3)CC2)ncc1CC.C/C=C\CO.CC. The van der Waals surface area contributed by atoms with Crippen molar-refractivity contribution in [2.45, 2.75) is 86.1 Å². The molecule has 1 saturated heterocycles. The topological polar surface area (TPSA) is 81.6 Å². The lowest BCUT2D eigenvalue weighted by Crippen LogP contribution is -2.52. The van der Waals surface area contributed by atoms with E-state index in [0.29, 0.717) is 13.0 Å². The molecule has 0 unspecified atom stereocenters. The van der Waals surface area contributed by atoms with Gasteiger partial charge in [-0.15, -0.1) is 0 Å². The normalized spacial score (nSPS) is 16.7. The molecule has 0 bridgehead atoms. The molecule has 0 atom stereocenters. The van der Waals surface area contributed by atoms with Crippen LogP contribution in [-0.2, 0) is 17.6 Å². The Morgan fingerprint density at radius 2 is 1.89 bits per heavy atom. The zero-order valence-electron chi connectivity index (χ0n) is 23.0. The van der Waals surface area contributed by atoms with Crippen LogP contribution in [0.3, 0.4) is 0 Å². The highest BCUT2D eigenvalue weighted by Crippen LogP contribution is 2.26. The van der Waals surface area contributed by atoms with Crippen molar-refractivity contribution >= 4 is 11.9 Å². The highest BCUT2D eigenvalue weighted by Gasteiger charge is 2.28. The molecule has 1 aliphatic carbocycles. The smallest absolute Gasteiger partial charge is 0.225 e. The van der Waals surface area contributed by atoms with Gasteiger partial charge < -0.3 is 15.3 Å². The summed E-state index contributed by atoms with van der Waals surface area (Å²) in [4.78, 5) is 26.4. The average Bonchev–Trinajstić information content (AvgIpc) is 2.85. The average molecular weight is 488 g/mol. The maximum atomic E-state index is 12.0. The van der Waals surface area contributed by atoms with Crippen LogP contribution < -0.4 is 10.2 Å². The highest BCUT2D eigenvalue weighted by atomic mass is 16.2. The first kappa shape index (κ1) is 30.8. The minimum Gasteiger partial charge on any atom is -0.392 e. The fraction of sp³-hybridized carbons (Fsp3) is 0.679. The number of piperazine rings is 1. The molecule has 2 fully saturated rings. The number of aliphatic hydroxyl groups excluding tert-OH is 1. The van der Waals surface area contributed by atoms with Gasteiger partial charge in [0.05, 0.1) is 12.3 Å². The summed E-state index contributed by atoms with van der Waals surface area (Å²) in [5, 5.41) is 11.0. The standard InChI is InChI=1S/C22H35N5O.C4H8O.C2H6/c1-4-17(3)15-21(28)23-10-9-20-18(5-2)16-24-22(25-20)27-13-11-26(12-14-27)19-7-6-8-19;1-2-3-4-5;1-2/h4,16,19H,5-15H2,1-3H3,(H,23,28);2-3,5H,4H2,1H3;1-2H3/b17-4+;3-2-;. The Hall–Kier alpha value is -2.25. The van der Waals surface area contributed by atoms with Gasteiger partial charge in [0.25, 0.3) is 0 Å². The molecule has 7 heteroatoms. The molecule has 2 heterocycles. The first-order valence-corrected chi connectivity index (χ1v) is 13.5. The predicted molar refractivity (Wildman–Crippen MR) is 147 cm³/mol. The number of carbonyl (C=O) groups excluding carboxylic acids is 1. The summed E-state index contributed by atoms with van der Waals surface area (Å²) in [5.74, 6) is 0.923. The van der Waals surface area contributed by atoms with Crippen molar-refractivity contribution in [2.24, 2.45) is 0 Å². The van der Waals surface area contributed by atoms with Gasteiger partial charge in [-0.25, -0.2) is 9.97 Å². The van der Waals surface area contributed by atoms with E-state index in [1.54, 1.807) is 12.2 Å². The van der Waals surface area contributed by atoms with E-state index in [-0.39, 0.29) is 12.5 Å². The zero-order valence-corrected chi connectivity index (χ0v) is 23.0. The molecule has 7 nitrogen and oxygen atoms in total. The molecule has 0 radical (unpaired) electrons. The lowest BCUT2D eigenvalue weighted by atomic mass is 9.91. The summed E-state index contributed by atoms with van der Waals surface area (Å²) in [7, 11) is 0. The van der Waals surface area contributed by atoms with Crippen LogP contribution in [-0.4, -0.2) is 71.3 Å². The van der Waals surface area contributed by atoms with Gasteiger partial charge in [-0.1, -0.05) is 51.0 Å². The molecule has 198 valence electrons. The Balaban J connectivity index is 0.000000779. The second-order valence-electron chi connectivity index (χ2n) is 8.77. The fourth-order valence-corrected chi connectivity index (χ4v) is 3.98. The third-order valence-corrected chi connectivity index (χ3v) is 6.47. The third-order valence-electron chi connectivity index (χ3n) is 6.47. The summed E-state index contributed by atoms with van der Waals surface area (Å²) in [6.45, 7) is 17.0. The number of amides is 1. The van der Waals surface area contributed by atoms with E-state index in [2.05, 4.69) is 27.0 Å². The van der Waals surface area contributed by atoms with Crippen molar-refractivity contribution in [3.8, 4) is 0 Å². The van der Waals surface area contributed by atoms with Crippen molar-refractivity contribution in [2.75, 3.05) is 44.2 Å². The van der Waals surface area contributed by atoms with Gasteiger partial charge in [-0.05, 0) is 45.6 Å². The summed E-state index contributed by atoms with van der Waals surface area (Å²) < 4.78 is 0. The molecule has 0 spiro atoms. The summed E-state index contributed by atoms with van der Waals surface area (Å²) >= 11 is 0. The van der Waals surface area contributed by atoms with E-state index >= 15 is 0 Å². The minimum absolute atomic E-state index is 0.0787. The number of nitrogens with zero attached hydrogens (tertiary/aromatic N) is 4. The Kier molecular flexibility index (Phi) is 15.9. The minimum atomic E-state index is 0.0787. The molecule has 1 aromatic heterocycles. The van der Waals surface area contributed by atoms with Crippen molar-refractivity contribution in [1.82, 2.24) is 20.2 Å². The number of anilines is 1. The second kappa shape index (κ2) is 18.1. The number of rotatable bonds is 9. The van der Waals surface area contributed by atoms with Crippen LogP contribution in [0, 0.1) is 0 Å². The number of allylic oxidation sites excluding steroid dienone is 2. The van der Waals surface area contributed by atoms with Crippen molar-refractivity contribution in [3.05, 3.63) is 41.3 Å². The number of aliphatic hydroxyl groups is 1. The molecule has 1 aromatic rings. The van der Waals surface area contributed by atoms with E-state index in [4.69, 9.17) is 10.1 Å². The van der Waals surface area contributed by atoms with Gasteiger partial charge in [-0.2, -0.15) is 0 Å². The van der Waals surface area contributed by atoms with Crippen molar-refractivity contribution in [3.63, 3.8) is 0 Å². The van der Waals surface area contributed by atoms with E-state index in [1.165, 1.54) is 24.8 Å². The van der Waals surface area contributed by atoms with Crippen LogP contribution in [0.4, 0.5) is 5.95 Å². The predicted octanol–water partition coefficient (Wildman–Crippen LogP) is 4.31. The van der Waals surface area contributed by atoms with E-state index in [0.717, 1.165) is 62.3 Å². The molecule has 1 saturated carbocycles. The zero-order chi connectivity index (χ0) is 26.1. The van der Waals surface area contributed by atoms with E-state index in [1.807, 2.05) is 46.9 Å². The maximum Gasteiger partial charge on any atom is 0.225 e. The monoisotopic (exact) mass is 487 g/mol. The molecular weight excluding hydrogens is 438 g/mol. The van der Waals surface area contributed by atoms with Crippen LogP contribution in [0.25, 0.3) is 0 Å². The van der Waals surface area contributed by atoms with Crippen LogP contribution in [0.2, 0.25) is 0 Å².